The Kier molecular flexibility index (Phi) is 11.2. The van der Waals surface area contributed by atoms with E-state index in [-0.39, 0.29) is 6.54 Å². The quantitative estimate of drug-likeness (QED) is 0.331. The Balaban J connectivity index is 2.14. The normalized spacial score (nSPS) is 13.6. The third-order valence-electron chi connectivity index (χ3n) is 4.98. The van der Waals surface area contributed by atoms with E-state index in [1.165, 1.54) is 6.92 Å². The van der Waals surface area contributed by atoms with Crippen molar-refractivity contribution in [3.8, 4) is 11.5 Å². The Bertz CT molecular complexity index is 848. The molecule has 0 spiro atoms. The molecule has 0 aliphatic heterocycles. The molecule has 0 radical (unpaired) electrons. The number of carbonyl (C=O) groups is 2. The molecule has 8 heteroatoms. The number of methoxy groups -OCH3 is 1. The zero-order valence-electron chi connectivity index (χ0n) is 19.5. The summed E-state index contributed by atoms with van der Waals surface area (Å²) in [4.78, 5) is 29.1. The number of amides is 1. The fourth-order valence-corrected chi connectivity index (χ4v) is 3.18. The predicted molar refractivity (Wildman–Crippen MR) is 125 cm³/mol. The summed E-state index contributed by atoms with van der Waals surface area (Å²) in [6, 6.07) is 16.1. The van der Waals surface area contributed by atoms with Gasteiger partial charge in [-0.25, -0.2) is 4.79 Å². The largest absolute Gasteiger partial charge is 0.497 e. The van der Waals surface area contributed by atoms with Crippen molar-refractivity contribution in [2.45, 2.75) is 51.4 Å². The molecular weight excluding hydrogens is 424 g/mol. The standard InChI is InChI=1S/C25H34N2O6/c1-4-5-14-27(33-22-13-9-12-21(16-22)31-3)17-24(29)23(15-20-10-7-6-8-11-20)26-25(30)32-19(2)18-28/h6-13,16,18-19,23-24,29H,4-5,14-15,17H2,1-3H3,(H,26,30). The molecule has 0 aliphatic carbocycles. The van der Waals surface area contributed by atoms with E-state index in [1.807, 2.05) is 48.5 Å². The average Bonchev–Trinajstić information content (AvgIpc) is 2.82. The number of hydrogen-bond acceptors (Lipinski definition) is 7. The van der Waals surface area contributed by atoms with Crippen LogP contribution in [0.25, 0.3) is 0 Å². The van der Waals surface area contributed by atoms with Crippen LogP contribution in [-0.2, 0) is 16.0 Å². The first-order chi connectivity index (χ1) is 15.9. The number of nitrogens with zero attached hydrogens (tertiary/aromatic N) is 1. The van der Waals surface area contributed by atoms with Crippen LogP contribution in [0.5, 0.6) is 11.5 Å². The van der Waals surface area contributed by atoms with E-state index >= 15 is 0 Å². The second-order valence-electron chi connectivity index (χ2n) is 7.77. The molecule has 2 aromatic rings. The smallest absolute Gasteiger partial charge is 0.408 e. The molecule has 2 aromatic carbocycles. The van der Waals surface area contributed by atoms with E-state index in [1.54, 1.807) is 18.2 Å². The fourth-order valence-electron chi connectivity index (χ4n) is 3.18. The van der Waals surface area contributed by atoms with Crippen molar-refractivity contribution < 1.29 is 29.0 Å². The van der Waals surface area contributed by atoms with Gasteiger partial charge in [-0.2, -0.15) is 0 Å². The lowest BCUT2D eigenvalue weighted by Gasteiger charge is -2.30. The minimum absolute atomic E-state index is 0.151. The molecule has 0 saturated heterocycles. The van der Waals surface area contributed by atoms with Crippen molar-refractivity contribution in [3.05, 3.63) is 60.2 Å². The van der Waals surface area contributed by atoms with Gasteiger partial charge in [0.05, 0.1) is 25.8 Å². The first-order valence-electron chi connectivity index (χ1n) is 11.2. The van der Waals surface area contributed by atoms with Gasteiger partial charge in [0.15, 0.2) is 18.1 Å². The van der Waals surface area contributed by atoms with Gasteiger partial charge in [0, 0.05) is 12.6 Å². The second kappa shape index (κ2) is 14.1. The first-order valence-corrected chi connectivity index (χ1v) is 11.2. The third kappa shape index (κ3) is 9.51. The molecule has 0 fully saturated rings. The highest BCUT2D eigenvalue weighted by Crippen LogP contribution is 2.20. The number of unbranched alkanes of at least 4 members (excludes halogenated alkanes) is 1. The van der Waals surface area contributed by atoms with E-state index in [0.717, 1.165) is 18.4 Å². The summed E-state index contributed by atoms with van der Waals surface area (Å²) in [6.45, 7) is 4.29. The van der Waals surface area contributed by atoms with Gasteiger partial charge < -0.3 is 24.7 Å². The zero-order chi connectivity index (χ0) is 24.1. The van der Waals surface area contributed by atoms with Crippen molar-refractivity contribution in [1.29, 1.82) is 0 Å². The third-order valence-corrected chi connectivity index (χ3v) is 4.98. The van der Waals surface area contributed by atoms with Crippen LogP contribution in [0, 0.1) is 0 Å². The van der Waals surface area contributed by atoms with Crippen LogP contribution in [0.1, 0.15) is 32.3 Å². The van der Waals surface area contributed by atoms with Gasteiger partial charge in [0.2, 0.25) is 0 Å². The van der Waals surface area contributed by atoms with E-state index < -0.39 is 24.3 Å². The Morgan fingerprint density at radius 2 is 1.88 bits per heavy atom. The van der Waals surface area contributed by atoms with Crippen LogP contribution in [0.4, 0.5) is 4.79 Å². The van der Waals surface area contributed by atoms with E-state index in [0.29, 0.717) is 30.8 Å². The highest BCUT2D eigenvalue weighted by atomic mass is 16.7. The number of aldehydes is 1. The molecule has 33 heavy (non-hydrogen) atoms. The van der Waals surface area contributed by atoms with Crippen molar-refractivity contribution in [3.63, 3.8) is 0 Å². The summed E-state index contributed by atoms with van der Waals surface area (Å²) in [5.41, 5.74) is 0.944. The number of aliphatic hydroxyl groups is 1. The Morgan fingerprint density at radius 1 is 1.15 bits per heavy atom. The lowest BCUT2D eigenvalue weighted by Crippen LogP contribution is -2.50. The lowest BCUT2D eigenvalue weighted by molar-refractivity contribution is -0.114. The molecule has 1 amide bonds. The molecule has 180 valence electrons. The summed E-state index contributed by atoms with van der Waals surface area (Å²) in [5, 5.41) is 15.5. The molecule has 2 rings (SSSR count). The second-order valence-corrected chi connectivity index (χ2v) is 7.77. The maximum Gasteiger partial charge on any atom is 0.408 e. The SMILES string of the molecule is CCCCN(CC(O)C(Cc1ccccc1)NC(=O)OC(C)C=O)Oc1cccc(OC)c1. The zero-order valence-corrected chi connectivity index (χ0v) is 19.5. The van der Waals surface area contributed by atoms with E-state index in [2.05, 4.69) is 12.2 Å². The summed E-state index contributed by atoms with van der Waals surface area (Å²) < 4.78 is 10.3. The molecule has 0 saturated carbocycles. The van der Waals surface area contributed by atoms with Gasteiger partial charge in [-0.05, 0) is 37.5 Å². The van der Waals surface area contributed by atoms with Crippen LogP contribution in [0.2, 0.25) is 0 Å². The number of carbonyl (C=O) groups excluding carboxylic acids is 2. The van der Waals surface area contributed by atoms with E-state index in [4.69, 9.17) is 14.3 Å². The minimum atomic E-state index is -0.966. The number of nitrogens with one attached hydrogen (secondary N) is 1. The Morgan fingerprint density at radius 3 is 2.55 bits per heavy atom. The molecule has 0 heterocycles. The lowest BCUT2D eigenvalue weighted by atomic mass is 10.0. The van der Waals surface area contributed by atoms with Crippen molar-refractivity contribution in [2.75, 3.05) is 20.2 Å². The summed E-state index contributed by atoms with van der Waals surface area (Å²) >= 11 is 0. The molecular formula is C25H34N2O6. The maximum atomic E-state index is 12.3. The number of benzene rings is 2. The van der Waals surface area contributed by atoms with Crippen LogP contribution in [0.3, 0.4) is 0 Å². The number of rotatable bonds is 14. The number of alkyl carbamates (subject to hydrolysis) is 1. The highest BCUT2D eigenvalue weighted by Gasteiger charge is 2.26. The average molecular weight is 459 g/mol. The molecule has 0 aromatic heterocycles. The summed E-state index contributed by atoms with van der Waals surface area (Å²) in [5.74, 6) is 1.25. The maximum absolute atomic E-state index is 12.3. The van der Waals surface area contributed by atoms with Crippen LogP contribution < -0.4 is 14.9 Å². The van der Waals surface area contributed by atoms with Gasteiger partial charge in [-0.15, -0.1) is 5.06 Å². The molecule has 2 N–H and O–H groups in total. The van der Waals surface area contributed by atoms with Crippen molar-refractivity contribution >= 4 is 12.4 Å². The molecule has 3 atom stereocenters. The van der Waals surface area contributed by atoms with Crippen LogP contribution >= 0.6 is 0 Å². The van der Waals surface area contributed by atoms with Crippen LogP contribution in [-0.4, -0.2) is 61.0 Å². The number of hydrogen-bond donors (Lipinski definition) is 2. The Labute approximate surface area is 195 Å². The van der Waals surface area contributed by atoms with E-state index in [9.17, 15) is 14.7 Å². The Hall–Kier alpha value is -3.10. The van der Waals surface area contributed by atoms with Crippen LogP contribution in [0.15, 0.2) is 54.6 Å². The van der Waals surface area contributed by atoms with Gasteiger partial charge in [0.25, 0.3) is 0 Å². The molecule has 8 nitrogen and oxygen atoms in total. The van der Waals surface area contributed by atoms with Gasteiger partial charge in [-0.1, -0.05) is 49.7 Å². The monoisotopic (exact) mass is 458 g/mol. The molecule has 0 bridgehead atoms. The van der Waals surface area contributed by atoms with Crippen molar-refractivity contribution in [1.82, 2.24) is 10.4 Å². The first kappa shape index (κ1) is 26.2. The number of aliphatic hydroxyl groups excluding tert-OH is 1. The minimum Gasteiger partial charge on any atom is -0.497 e. The molecule has 0 aliphatic rings. The van der Waals surface area contributed by atoms with Crippen molar-refractivity contribution in [2.24, 2.45) is 0 Å². The molecule has 3 unspecified atom stereocenters. The van der Waals surface area contributed by atoms with Gasteiger partial charge in [0.1, 0.15) is 5.75 Å². The summed E-state index contributed by atoms with van der Waals surface area (Å²) in [7, 11) is 1.59. The number of hydroxylamine groups is 2. The summed E-state index contributed by atoms with van der Waals surface area (Å²) in [6.07, 6.45) is 0.138. The predicted octanol–water partition coefficient (Wildman–Crippen LogP) is 3.38. The topological polar surface area (TPSA) is 97.3 Å². The fraction of sp³-hybridized carbons (Fsp3) is 0.440. The number of ether oxygens (including phenoxy) is 2. The van der Waals surface area contributed by atoms with Gasteiger partial charge >= 0.3 is 6.09 Å². The van der Waals surface area contributed by atoms with Gasteiger partial charge in [-0.3, -0.25) is 4.79 Å². The highest BCUT2D eigenvalue weighted by molar-refractivity contribution is 5.71.